The summed E-state index contributed by atoms with van der Waals surface area (Å²) < 4.78 is 19.9. The van der Waals surface area contributed by atoms with Crippen LogP contribution in [0.15, 0.2) is 78.4 Å². The van der Waals surface area contributed by atoms with Crippen LogP contribution in [0.1, 0.15) is 34.5 Å². The van der Waals surface area contributed by atoms with Gasteiger partial charge in [0.05, 0.1) is 23.8 Å². The van der Waals surface area contributed by atoms with E-state index in [9.17, 15) is 23.9 Å². The van der Waals surface area contributed by atoms with Crippen molar-refractivity contribution in [3.05, 3.63) is 106 Å². The van der Waals surface area contributed by atoms with Crippen LogP contribution in [0.3, 0.4) is 0 Å². The highest BCUT2D eigenvalue weighted by Gasteiger charge is 2.47. The van der Waals surface area contributed by atoms with Crippen LogP contribution in [-0.2, 0) is 14.3 Å². The van der Waals surface area contributed by atoms with E-state index in [0.717, 1.165) is 4.90 Å². The zero-order chi connectivity index (χ0) is 24.4. The number of ketones is 1. The van der Waals surface area contributed by atoms with Gasteiger partial charge in [0.25, 0.3) is 11.7 Å². The van der Waals surface area contributed by atoms with Gasteiger partial charge in [-0.05, 0) is 61.5 Å². The molecule has 3 aromatic carbocycles. The number of rotatable bonds is 5. The summed E-state index contributed by atoms with van der Waals surface area (Å²) in [5.41, 5.74) is 0.532. The standard InChI is InChI=1S/C26H19ClFNO5/c1-2-34-26(33)16-9-13-18(14-10-16)29-22(19-5-3-4-6-20(19)28)21(24(31)25(29)32)23(30)15-7-11-17(27)12-8-15/h3-14,22,30H,2H2,1H3/t22-/m0/s1. The number of carbonyl (C=O) groups is 3. The molecule has 1 atom stereocenters. The molecule has 1 fully saturated rings. The second-order valence-electron chi connectivity index (χ2n) is 7.46. The van der Waals surface area contributed by atoms with E-state index in [4.69, 9.17) is 16.3 Å². The minimum atomic E-state index is -1.23. The highest BCUT2D eigenvalue weighted by atomic mass is 35.5. The molecule has 1 amide bonds. The Morgan fingerprint density at radius 2 is 1.62 bits per heavy atom. The molecule has 0 radical (unpaired) electrons. The van der Waals surface area contributed by atoms with Crippen molar-refractivity contribution in [3.63, 3.8) is 0 Å². The minimum Gasteiger partial charge on any atom is -0.507 e. The zero-order valence-electron chi connectivity index (χ0n) is 18.0. The lowest BCUT2D eigenvalue weighted by molar-refractivity contribution is -0.132. The molecule has 1 aliphatic heterocycles. The first-order chi connectivity index (χ1) is 16.3. The van der Waals surface area contributed by atoms with Gasteiger partial charge in [0.2, 0.25) is 0 Å². The van der Waals surface area contributed by atoms with E-state index in [2.05, 4.69) is 0 Å². The van der Waals surface area contributed by atoms with E-state index < -0.39 is 35.3 Å². The van der Waals surface area contributed by atoms with Gasteiger partial charge in [-0.15, -0.1) is 0 Å². The van der Waals surface area contributed by atoms with Gasteiger partial charge in [0.15, 0.2) is 0 Å². The second kappa shape index (κ2) is 9.49. The molecular weight excluding hydrogens is 461 g/mol. The van der Waals surface area contributed by atoms with E-state index in [1.165, 1.54) is 66.7 Å². The van der Waals surface area contributed by atoms with E-state index in [1.807, 2.05) is 0 Å². The molecule has 0 aliphatic carbocycles. The van der Waals surface area contributed by atoms with Crippen LogP contribution in [0.4, 0.5) is 10.1 Å². The molecule has 0 saturated carbocycles. The number of hydrogen-bond donors (Lipinski definition) is 1. The summed E-state index contributed by atoms with van der Waals surface area (Å²) in [4.78, 5) is 39.3. The Kier molecular flexibility index (Phi) is 6.47. The van der Waals surface area contributed by atoms with Crippen LogP contribution < -0.4 is 4.90 Å². The Hall–Kier alpha value is -3.97. The predicted octanol–water partition coefficient (Wildman–Crippen LogP) is 5.28. The quantitative estimate of drug-likeness (QED) is 0.233. The average molecular weight is 480 g/mol. The first kappa shape index (κ1) is 23.2. The summed E-state index contributed by atoms with van der Waals surface area (Å²) in [6.07, 6.45) is 0. The van der Waals surface area contributed by atoms with E-state index in [-0.39, 0.29) is 34.6 Å². The summed E-state index contributed by atoms with van der Waals surface area (Å²) in [5.74, 6) is -3.54. The van der Waals surface area contributed by atoms with E-state index in [1.54, 1.807) is 13.0 Å². The number of amides is 1. The SMILES string of the molecule is CCOC(=O)c1ccc(N2C(=O)C(=O)C(=C(O)c3ccc(Cl)cc3)[C@@H]2c2ccccc2F)cc1. The number of nitrogens with zero attached hydrogens (tertiary/aromatic N) is 1. The monoisotopic (exact) mass is 479 g/mol. The molecule has 0 aromatic heterocycles. The number of halogens is 2. The van der Waals surface area contributed by atoms with Crippen LogP contribution in [0, 0.1) is 5.82 Å². The molecule has 1 heterocycles. The number of hydrogen-bond acceptors (Lipinski definition) is 5. The summed E-state index contributed by atoms with van der Waals surface area (Å²) in [7, 11) is 0. The van der Waals surface area contributed by atoms with Crippen molar-refractivity contribution in [2.45, 2.75) is 13.0 Å². The molecule has 1 saturated heterocycles. The lowest BCUT2D eigenvalue weighted by Gasteiger charge is -2.26. The molecular formula is C26H19ClFNO5. The van der Waals surface area contributed by atoms with Crippen molar-refractivity contribution in [1.82, 2.24) is 0 Å². The number of benzene rings is 3. The largest absolute Gasteiger partial charge is 0.507 e. The predicted molar refractivity (Wildman–Crippen MR) is 125 cm³/mol. The normalized spacial score (nSPS) is 17.1. The van der Waals surface area contributed by atoms with Gasteiger partial charge in [-0.2, -0.15) is 0 Å². The number of anilines is 1. The molecule has 1 N–H and O–H groups in total. The number of ether oxygens (including phenoxy) is 1. The van der Waals surface area contributed by atoms with Crippen molar-refractivity contribution in [2.24, 2.45) is 0 Å². The smallest absolute Gasteiger partial charge is 0.338 e. The Morgan fingerprint density at radius 1 is 1.00 bits per heavy atom. The van der Waals surface area contributed by atoms with Crippen LogP contribution in [-0.4, -0.2) is 29.4 Å². The molecule has 34 heavy (non-hydrogen) atoms. The van der Waals surface area contributed by atoms with Crippen molar-refractivity contribution < 1.29 is 28.6 Å². The maximum absolute atomic E-state index is 14.9. The van der Waals surface area contributed by atoms with Gasteiger partial charge in [-0.25, -0.2) is 9.18 Å². The fraction of sp³-hybridized carbons (Fsp3) is 0.115. The third-order valence-corrected chi connectivity index (χ3v) is 5.67. The molecule has 6 nitrogen and oxygen atoms in total. The fourth-order valence-corrected chi connectivity index (χ4v) is 3.95. The first-order valence-electron chi connectivity index (χ1n) is 10.4. The van der Waals surface area contributed by atoms with Gasteiger partial charge in [-0.1, -0.05) is 29.8 Å². The number of carbonyl (C=O) groups excluding carboxylic acids is 3. The molecule has 0 spiro atoms. The summed E-state index contributed by atoms with van der Waals surface area (Å²) >= 11 is 5.92. The third-order valence-electron chi connectivity index (χ3n) is 5.42. The average Bonchev–Trinajstić information content (AvgIpc) is 3.10. The minimum absolute atomic E-state index is 0.0340. The summed E-state index contributed by atoms with van der Waals surface area (Å²) in [6.45, 7) is 1.88. The maximum atomic E-state index is 14.9. The molecule has 0 unspecified atom stereocenters. The molecule has 3 aromatic rings. The Labute approximate surface area is 199 Å². The van der Waals surface area contributed by atoms with Crippen molar-refractivity contribution in [2.75, 3.05) is 11.5 Å². The second-order valence-corrected chi connectivity index (χ2v) is 7.90. The van der Waals surface area contributed by atoms with Crippen molar-refractivity contribution >= 4 is 40.7 Å². The fourth-order valence-electron chi connectivity index (χ4n) is 3.83. The topological polar surface area (TPSA) is 83.9 Å². The molecule has 0 bridgehead atoms. The van der Waals surface area contributed by atoms with Crippen LogP contribution in [0.25, 0.3) is 5.76 Å². The number of esters is 1. The Bertz CT molecular complexity index is 1300. The van der Waals surface area contributed by atoms with Crippen LogP contribution in [0.5, 0.6) is 0 Å². The van der Waals surface area contributed by atoms with Crippen molar-refractivity contribution in [1.29, 1.82) is 0 Å². The van der Waals surface area contributed by atoms with Gasteiger partial charge in [0, 0.05) is 21.8 Å². The van der Waals surface area contributed by atoms with Gasteiger partial charge in [0.1, 0.15) is 11.6 Å². The molecule has 4 rings (SSSR count). The Balaban J connectivity index is 1.88. The highest BCUT2D eigenvalue weighted by Crippen LogP contribution is 2.43. The van der Waals surface area contributed by atoms with Gasteiger partial charge >= 0.3 is 5.97 Å². The van der Waals surface area contributed by atoms with Crippen LogP contribution >= 0.6 is 11.6 Å². The number of Topliss-reactive ketones (excluding diaryl/α,β-unsaturated/α-hetero) is 1. The first-order valence-corrected chi connectivity index (χ1v) is 10.8. The maximum Gasteiger partial charge on any atom is 0.338 e. The van der Waals surface area contributed by atoms with E-state index in [0.29, 0.717) is 5.02 Å². The molecule has 1 aliphatic rings. The summed E-state index contributed by atoms with van der Waals surface area (Å²) in [5, 5.41) is 11.4. The lowest BCUT2D eigenvalue weighted by atomic mass is 9.94. The van der Waals surface area contributed by atoms with Gasteiger partial charge < -0.3 is 9.84 Å². The van der Waals surface area contributed by atoms with Crippen LogP contribution in [0.2, 0.25) is 5.02 Å². The summed E-state index contributed by atoms with van der Waals surface area (Å²) in [6, 6.07) is 16.4. The molecule has 8 heteroatoms. The van der Waals surface area contributed by atoms with E-state index >= 15 is 0 Å². The zero-order valence-corrected chi connectivity index (χ0v) is 18.8. The molecule has 172 valence electrons. The van der Waals surface area contributed by atoms with Gasteiger partial charge in [-0.3, -0.25) is 14.5 Å². The highest BCUT2D eigenvalue weighted by molar-refractivity contribution is 6.51. The third kappa shape index (κ3) is 4.18. The van der Waals surface area contributed by atoms with Crippen molar-refractivity contribution in [3.8, 4) is 0 Å². The Morgan fingerprint density at radius 3 is 2.24 bits per heavy atom. The number of aliphatic hydroxyl groups is 1. The lowest BCUT2D eigenvalue weighted by Crippen LogP contribution is -2.29. The number of aliphatic hydroxyl groups excluding tert-OH is 1.